The maximum atomic E-state index is 7.06. The summed E-state index contributed by atoms with van der Waals surface area (Å²) in [6, 6.07) is 64.3. The van der Waals surface area contributed by atoms with Crippen LogP contribution in [0.2, 0.25) is 0 Å². The van der Waals surface area contributed by atoms with Crippen LogP contribution in [0.4, 0.5) is 17.1 Å². The van der Waals surface area contributed by atoms with Gasteiger partial charge in [0.25, 0.3) is 0 Å². The van der Waals surface area contributed by atoms with E-state index in [-0.39, 0.29) is 10.8 Å². The first kappa shape index (κ1) is 34.5. The summed E-state index contributed by atoms with van der Waals surface area (Å²) in [5.41, 5.74) is 19.3. The van der Waals surface area contributed by atoms with Crippen molar-refractivity contribution in [1.82, 2.24) is 0 Å². The molecule has 0 unspecified atom stereocenters. The van der Waals surface area contributed by atoms with Crippen molar-refractivity contribution in [3.8, 4) is 33.4 Å². The predicted molar refractivity (Wildman–Crippen MR) is 254 cm³/mol. The molecule has 2 aliphatic carbocycles. The van der Waals surface area contributed by atoms with Gasteiger partial charge >= 0.3 is 0 Å². The van der Waals surface area contributed by atoms with Gasteiger partial charge in [-0.1, -0.05) is 143 Å². The molecule has 11 aromatic rings. The van der Waals surface area contributed by atoms with Gasteiger partial charge in [-0.2, -0.15) is 0 Å². The number of benzene rings is 9. The van der Waals surface area contributed by atoms with E-state index in [1.807, 2.05) is 6.07 Å². The molecule has 0 atom stereocenters. The molecule has 9 aromatic carbocycles. The standard InChI is InChI=1S/C58H41NO2/c1-57(2)47-18-10-7-15-40(47)42-26-22-36(30-49(42)57)54-55-44-17-9-12-20-51(44)60-53(55)33-46-45-31-38(25-28-52(45)61-56(46)54)59(37-23-21-34-13-5-6-14-35(34)29-37)39-24-27-43-41-16-8-11-19-48(41)58(3,4)50(43)32-39/h5-33H,1-4H3. The molecule has 2 aromatic heterocycles. The van der Waals surface area contributed by atoms with Gasteiger partial charge in [0.1, 0.15) is 22.3 Å². The van der Waals surface area contributed by atoms with E-state index in [0.29, 0.717) is 0 Å². The molecule has 0 saturated heterocycles. The molecule has 0 spiro atoms. The Balaban J connectivity index is 1.05. The van der Waals surface area contributed by atoms with E-state index in [0.717, 1.165) is 72.1 Å². The van der Waals surface area contributed by atoms with Crippen molar-refractivity contribution in [1.29, 1.82) is 0 Å². The van der Waals surface area contributed by atoms with Crippen molar-refractivity contribution < 1.29 is 8.83 Å². The monoisotopic (exact) mass is 783 g/mol. The highest BCUT2D eigenvalue weighted by Gasteiger charge is 2.37. The molecule has 13 rings (SSSR count). The SMILES string of the molecule is CC1(C)c2ccccc2-c2ccc(-c3c4oc5ccc(N(c6ccc7c(c6)C(C)(C)c6ccccc6-7)c6ccc7ccccc7c6)cc5c4cc4oc5ccccc5c34)cc21. The molecule has 2 heterocycles. The molecule has 2 aliphatic rings. The number of fused-ring (bicyclic) bond motifs is 13. The highest BCUT2D eigenvalue weighted by molar-refractivity contribution is 6.24. The van der Waals surface area contributed by atoms with Gasteiger partial charge < -0.3 is 13.7 Å². The van der Waals surface area contributed by atoms with Gasteiger partial charge in [-0.3, -0.25) is 0 Å². The Morgan fingerprint density at radius 3 is 1.74 bits per heavy atom. The highest BCUT2D eigenvalue weighted by Crippen LogP contribution is 2.53. The van der Waals surface area contributed by atoms with Gasteiger partial charge in [0.2, 0.25) is 0 Å². The minimum Gasteiger partial charge on any atom is -0.456 e. The van der Waals surface area contributed by atoms with Crippen LogP contribution in [0.25, 0.3) is 88.0 Å². The van der Waals surface area contributed by atoms with E-state index < -0.39 is 0 Å². The van der Waals surface area contributed by atoms with Crippen LogP contribution < -0.4 is 4.90 Å². The molecular formula is C58H41NO2. The summed E-state index contributed by atoms with van der Waals surface area (Å²) < 4.78 is 13.8. The fourth-order valence-corrected chi connectivity index (χ4v) is 11.0. The Kier molecular flexibility index (Phi) is 6.85. The van der Waals surface area contributed by atoms with Crippen molar-refractivity contribution in [3.63, 3.8) is 0 Å². The first-order valence-electron chi connectivity index (χ1n) is 21.3. The molecule has 0 N–H and O–H groups in total. The summed E-state index contributed by atoms with van der Waals surface area (Å²) in [4.78, 5) is 2.41. The van der Waals surface area contributed by atoms with E-state index >= 15 is 0 Å². The predicted octanol–water partition coefficient (Wildman–Crippen LogP) is 16.4. The molecule has 0 fully saturated rings. The number of hydrogen-bond acceptors (Lipinski definition) is 3. The molecule has 0 amide bonds. The fraction of sp³-hybridized carbons (Fsp3) is 0.103. The first-order valence-corrected chi connectivity index (χ1v) is 21.3. The van der Waals surface area contributed by atoms with Crippen molar-refractivity contribution in [2.24, 2.45) is 0 Å². The summed E-state index contributed by atoms with van der Waals surface area (Å²) in [7, 11) is 0. The van der Waals surface area contributed by atoms with Gasteiger partial charge in [0.15, 0.2) is 0 Å². The lowest BCUT2D eigenvalue weighted by molar-refractivity contribution is 0.660. The Hall–Kier alpha value is -7.36. The second kappa shape index (κ2) is 12.1. The molecule has 3 heteroatoms. The second-order valence-electron chi connectivity index (χ2n) is 18.1. The number of hydrogen-bond donors (Lipinski definition) is 0. The average molecular weight is 784 g/mol. The Morgan fingerprint density at radius 1 is 0.377 bits per heavy atom. The maximum absolute atomic E-state index is 7.06. The number of anilines is 3. The minimum absolute atomic E-state index is 0.133. The molecule has 0 saturated carbocycles. The van der Waals surface area contributed by atoms with E-state index in [9.17, 15) is 0 Å². The van der Waals surface area contributed by atoms with E-state index in [4.69, 9.17) is 8.83 Å². The Morgan fingerprint density at radius 2 is 0.951 bits per heavy atom. The number of furan rings is 2. The summed E-state index contributed by atoms with van der Waals surface area (Å²) >= 11 is 0. The van der Waals surface area contributed by atoms with Gasteiger partial charge in [-0.05, 0) is 122 Å². The zero-order valence-electron chi connectivity index (χ0n) is 34.5. The van der Waals surface area contributed by atoms with Crippen LogP contribution in [0.5, 0.6) is 0 Å². The topological polar surface area (TPSA) is 29.5 Å². The van der Waals surface area contributed by atoms with Crippen LogP contribution in [-0.2, 0) is 10.8 Å². The quantitative estimate of drug-likeness (QED) is 0.178. The van der Waals surface area contributed by atoms with Crippen molar-refractivity contribution in [2.75, 3.05) is 4.90 Å². The average Bonchev–Trinajstić information content (AvgIpc) is 3.98. The lowest BCUT2D eigenvalue weighted by Gasteiger charge is -2.28. The van der Waals surface area contributed by atoms with Crippen LogP contribution in [0.1, 0.15) is 49.9 Å². The number of nitrogens with zero attached hydrogens (tertiary/aromatic N) is 1. The zero-order chi connectivity index (χ0) is 40.8. The summed E-state index contributed by atoms with van der Waals surface area (Å²) in [6.07, 6.45) is 0. The minimum atomic E-state index is -0.141. The van der Waals surface area contributed by atoms with Gasteiger partial charge in [0.05, 0.1) is 0 Å². The summed E-state index contributed by atoms with van der Waals surface area (Å²) in [6.45, 7) is 9.39. The van der Waals surface area contributed by atoms with E-state index in [1.165, 1.54) is 55.3 Å². The lowest BCUT2D eigenvalue weighted by atomic mass is 9.81. The van der Waals surface area contributed by atoms with Crippen molar-refractivity contribution in [3.05, 3.63) is 198 Å². The van der Waals surface area contributed by atoms with Crippen LogP contribution in [0, 0.1) is 0 Å². The Labute approximate surface area is 354 Å². The summed E-state index contributed by atoms with van der Waals surface area (Å²) in [5, 5.41) is 6.66. The first-order chi connectivity index (χ1) is 29.7. The number of rotatable bonds is 4. The van der Waals surface area contributed by atoms with E-state index in [2.05, 4.69) is 202 Å². The zero-order valence-corrected chi connectivity index (χ0v) is 34.5. The molecule has 61 heavy (non-hydrogen) atoms. The smallest absolute Gasteiger partial charge is 0.144 e. The second-order valence-corrected chi connectivity index (χ2v) is 18.1. The largest absolute Gasteiger partial charge is 0.456 e. The molecule has 0 radical (unpaired) electrons. The molecular weight excluding hydrogens is 743 g/mol. The third-order valence-electron chi connectivity index (χ3n) is 14.0. The molecule has 3 nitrogen and oxygen atoms in total. The molecule has 290 valence electrons. The van der Waals surface area contributed by atoms with E-state index in [1.54, 1.807) is 0 Å². The molecule has 0 aliphatic heterocycles. The van der Waals surface area contributed by atoms with Crippen molar-refractivity contribution >= 4 is 71.7 Å². The lowest BCUT2D eigenvalue weighted by Crippen LogP contribution is -2.16. The third-order valence-corrected chi connectivity index (χ3v) is 14.0. The van der Waals surface area contributed by atoms with Crippen LogP contribution in [0.3, 0.4) is 0 Å². The van der Waals surface area contributed by atoms with Crippen LogP contribution >= 0.6 is 0 Å². The highest BCUT2D eigenvalue weighted by atomic mass is 16.3. The number of para-hydroxylation sites is 1. The normalized spacial score (nSPS) is 14.5. The Bertz CT molecular complexity index is 3670. The fourth-order valence-electron chi connectivity index (χ4n) is 11.0. The van der Waals surface area contributed by atoms with Gasteiger partial charge in [-0.15, -0.1) is 0 Å². The molecule has 0 bridgehead atoms. The van der Waals surface area contributed by atoms with Gasteiger partial charge in [-0.25, -0.2) is 0 Å². The van der Waals surface area contributed by atoms with Crippen LogP contribution in [-0.4, -0.2) is 0 Å². The third kappa shape index (κ3) is 4.75. The van der Waals surface area contributed by atoms with Gasteiger partial charge in [0, 0.05) is 55.0 Å². The van der Waals surface area contributed by atoms with Crippen LogP contribution in [0.15, 0.2) is 185 Å². The maximum Gasteiger partial charge on any atom is 0.144 e. The summed E-state index contributed by atoms with van der Waals surface area (Å²) in [5.74, 6) is 0. The van der Waals surface area contributed by atoms with Crippen molar-refractivity contribution in [2.45, 2.75) is 38.5 Å².